The van der Waals surface area contributed by atoms with Gasteiger partial charge in [-0.25, -0.2) is 0 Å². The minimum atomic E-state index is 0.202. The molecule has 3 aromatic rings. The zero-order valence-corrected chi connectivity index (χ0v) is 13.8. The van der Waals surface area contributed by atoms with E-state index >= 15 is 0 Å². The molecule has 0 saturated heterocycles. The summed E-state index contributed by atoms with van der Waals surface area (Å²) in [5.41, 5.74) is 2.21. The van der Waals surface area contributed by atoms with E-state index in [0.29, 0.717) is 0 Å². The number of fused-ring (bicyclic) bond motifs is 1. The van der Waals surface area contributed by atoms with Crippen LogP contribution in [0.2, 0.25) is 0 Å². The van der Waals surface area contributed by atoms with E-state index in [0.717, 1.165) is 22.2 Å². The third-order valence-electron chi connectivity index (χ3n) is 3.41. The third kappa shape index (κ3) is 2.82. The Kier molecular flexibility index (Phi) is 3.96. The number of rotatable bonds is 4. The van der Waals surface area contributed by atoms with Crippen molar-refractivity contribution in [2.45, 2.75) is 19.4 Å². The zero-order chi connectivity index (χ0) is 14.1. The summed E-state index contributed by atoms with van der Waals surface area (Å²) in [6, 6.07) is 10.8. The Morgan fingerprint density at radius 3 is 2.85 bits per heavy atom. The lowest BCUT2D eigenvalue weighted by atomic mass is 10.1. The van der Waals surface area contributed by atoms with Crippen molar-refractivity contribution in [1.82, 2.24) is 5.32 Å². The Bertz CT molecular complexity index is 731. The molecule has 2 aromatic heterocycles. The highest BCUT2D eigenvalue weighted by molar-refractivity contribution is 9.10. The van der Waals surface area contributed by atoms with E-state index in [4.69, 9.17) is 4.42 Å². The first-order valence-electron chi connectivity index (χ1n) is 6.56. The first-order chi connectivity index (χ1) is 9.65. The third-order valence-corrected chi connectivity index (χ3v) is 5.13. The van der Waals surface area contributed by atoms with Crippen molar-refractivity contribution < 1.29 is 4.42 Å². The summed E-state index contributed by atoms with van der Waals surface area (Å²) in [6.45, 7) is 2.10. The highest BCUT2D eigenvalue weighted by Gasteiger charge is 2.16. The number of hydrogen-bond acceptors (Lipinski definition) is 3. The van der Waals surface area contributed by atoms with Crippen molar-refractivity contribution in [2.75, 3.05) is 7.05 Å². The maximum Gasteiger partial charge on any atom is 0.134 e. The van der Waals surface area contributed by atoms with Crippen molar-refractivity contribution in [3.8, 4) is 0 Å². The number of aryl methyl sites for hydroxylation is 1. The van der Waals surface area contributed by atoms with Crippen LogP contribution in [0.15, 0.2) is 44.6 Å². The van der Waals surface area contributed by atoms with Crippen LogP contribution in [0.3, 0.4) is 0 Å². The molecule has 0 fully saturated rings. The number of benzene rings is 1. The molecular weight excluding hydrogens is 334 g/mol. The fourth-order valence-electron chi connectivity index (χ4n) is 2.36. The molecule has 3 rings (SSSR count). The molecule has 1 atom stereocenters. The molecule has 1 aromatic carbocycles. The molecule has 0 aliphatic heterocycles. The van der Waals surface area contributed by atoms with Gasteiger partial charge in [-0.2, -0.15) is 0 Å². The summed E-state index contributed by atoms with van der Waals surface area (Å²) in [7, 11) is 1.98. The molecule has 1 N–H and O–H groups in total. The first kappa shape index (κ1) is 13.9. The number of thiophene rings is 1. The van der Waals surface area contributed by atoms with E-state index in [1.54, 1.807) is 11.3 Å². The fraction of sp³-hybridized carbons (Fsp3) is 0.250. The highest BCUT2D eigenvalue weighted by Crippen LogP contribution is 2.29. The summed E-state index contributed by atoms with van der Waals surface area (Å²) in [5.74, 6) is 0.998. The van der Waals surface area contributed by atoms with Gasteiger partial charge in [-0.3, -0.25) is 0 Å². The Labute approximate surface area is 130 Å². The Morgan fingerprint density at radius 1 is 1.30 bits per heavy atom. The normalized spacial score (nSPS) is 12.9. The molecule has 20 heavy (non-hydrogen) atoms. The summed E-state index contributed by atoms with van der Waals surface area (Å²) in [6.07, 6.45) is 0.936. The fourth-order valence-corrected chi connectivity index (χ4v) is 3.86. The van der Waals surface area contributed by atoms with Crippen molar-refractivity contribution in [2.24, 2.45) is 0 Å². The minimum Gasteiger partial charge on any atom is -0.459 e. The molecule has 0 spiro atoms. The van der Waals surface area contributed by atoms with Crippen LogP contribution in [0, 0.1) is 6.92 Å². The van der Waals surface area contributed by atoms with Crippen LogP contribution in [0.1, 0.15) is 22.2 Å². The maximum atomic E-state index is 5.99. The van der Waals surface area contributed by atoms with Crippen molar-refractivity contribution in [1.29, 1.82) is 0 Å². The standard InChI is InChI=1S/C16H16BrNOS/c1-10-3-4-15-11(5-10)6-16(19-15)14(18-2)8-13-7-12(17)9-20-13/h3-7,9,14,18H,8H2,1-2H3. The van der Waals surface area contributed by atoms with Gasteiger partial charge in [-0.15, -0.1) is 11.3 Å². The van der Waals surface area contributed by atoms with Gasteiger partial charge in [0.05, 0.1) is 6.04 Å². The molecule has 2 heterocycles. The van der Waals surface area contributed by atoms with Gasteiger partial charge in [0.25, 0.3) is 0 Å². The van der Waals surface area contributed by atoms with Gasteiger partial charge in [0.1, 0.15) is 11.3 Å². The summed E-state index contributed by atoms with van der Waals surface area (Å²) in [4.78, 5) is 1.34. The average Bonchev–Trinajstić information content (AvgIpc) is 3.01. The molecule has 0 amide bonds. The Hall–Kier alpha value is -1.10. The number of furan rings is 1. The highest BCUT2D eigenvalue weighted by atomic mass is 79.9. The molecule has 104 valence electrons. The van der Waals surface area contributed by atoms with Crippen LogP contribution in [0.5, 0.6) is 0 Å². The van der Waals surface area contributed by atoms with E-state index in [2.05, 4.69) is 57.8 Å². The Balaban J connectivity index is 1.90. The monoisotopic (exact) mass is 349 g/mol. The zero-order valence-electron chi connectivity index (χ0n) is 11.4. The number of halogens is 1. The largest absolute Gasteiger partial charge is 0.459 e. The number of likely N-dealkylation sites (N-methyl/N-ethyl adjacent to an activating group) is 1. The second kappa shape index (κ2) is 5.72. The predicted octanol–water partition coefficient (Wildman–Crippen LogP) is 5.07. The Morgan fingerprint density at radius 2 is 2.15 bits per heavy atom. The van der Waals surface area contributed by atoms with E-state index in [1.165, 1.54) is 15.8 Å². The van der Waals surface area contributed by atoms with Crippen molar-refractivity contribution in [3.63, 3.8) is 0 Å². The van der Waals surface area contributed by atoms with E-state index in [9.17, 15) is 0 Å². The second-order valence-corrected chi connectivity index (χ2v) is 6.88. The molecule has 0 radical (unpaired) electrons. The van der Waals surface area contributed by atoms with Gasteiger partial charge < -0.3 is 9.73 Å². The van der Waals surface area contributed by atoms with E-state index in [-0.39, 0.29) is 6.04 Å². The van der Waals surface area contributed by atoms with E-state index in [1.807, 2.05) is 13.1 Å². The summed E-state index contributed by atoms with van der Waals surface area (Å²) in [5, 5.41) is 6.64. The number of nitrogens with one attached hydrogen (secondary N) is 1. The van der Waals surface area contributed by atoms with Gasteiger partial charge in [-0.05, 0) is 54.2 Å². The lowest BCUT2D eigenvalue weighted by molar-refractivity contribution is 0.452. The van der Waals surface area contributed by atoms with Gasteiger partial charge in [0.15, 0.2) is 0 Å². The van der Waals surface area contributed by atoms with Crippen LogP contribution in [0.4, 0.5) is 0 Å². The van der Waals surface area contributed by atoms with Crippen LogP contribution >= 0.6 is 27.3 Å². The van der Waals surface area contributed by atoms with Crippen LogP contribution < -0.4 is 5.32 Å². The quantitative estimate of drug-likeness (QED) is 0.711. The SMILES string of the molecule is CNC(Cc1cc(Br)cs1)c1cc2cc(C)ccc2o1. The lowest BCUT2D eigenvalue weighted by Gasteiger charge is -2.11. The van der Waals surface area contributed by atoms with E-state index < -0.39 is 0 Å². The smallest absolute Gasteiger partial charge is 0.134 e. The summed E-state index contributed by atoms with van der Waals surface area (Å²) >= 11 is 5.27. The van der Waals surface area contributed by atoms with Gasteiger partial charge in [0, 0.05) is 26.5 Å². The van der Waals surface area contributed by atoms with Crippen molar-refractivity contribution >= 4 is 38.2 Å². The molecule has 0 bridgehead atoms. The average molecular weight is 350 g/mol. The number of hydrogen-bond donors (Lipinski definition) is 1. The molecule has 2 nitrogen and oxygen atoms in total. The van der Waals surface area contributed by atoms with Gasteiger partial charge >= 0.3 is 0 Å². The lowest BCUT2D eigenvalue weighted by Crippen LogP contribution is -2.17. The minimum absolute atomic E-state index is 0.202. The molecule has 4 heteroatoms. The predicted molar refractivity (Wildman–Crippen MR) is 88.5 cm³/mol. The van der Waals surface area contributed by atoms with Gasteiger partial charge in [-0.1, -0.05) is 11.6 Å². The maximum absolute atomic E-state index is 5.99. The van der Waals surface area contributed by atoms with Crippen LogP contribution in [-0.2, 0) is 6.42 Å². The first-order valence-corrected chi connectivity index (χ1v) is 8.23. The molecule has 1 unspecified atom stereocenters. The molecular formula is C16H16BrNOS. The van der Waals surface area contributed by atoms with Gasteiger partial charge in [0.2, 0.25) is 0 Å². The van der Waals surface area contributed by atoms with Crippen LogP contribution in [0.25, 0.3) is 11.0 Å². The summed E-state index contributed by atoms with van der Waals surface area (Å²) < 4.78 is 7.13. The second-order valence-electron chi connectivity index (χ2n) is 4.97. The molecule has 0 aliphatic rings. The topological polar surface area (TPSA) is 25.2 Å². The van der Waals surface area contributed by atoms with Crippen LogP contribution in [-0.4, -0.2) is 7.05 Å². The molecule has 0 aliphatic carbocycles. The van der Waals surface area contributed by atoms with Crippen molar-refractivity contribution in [3.05, 3.63) is 56.4 Å². The molecule has 0 saturated carbocycles.